The monoisotopic (exact) mass is 274 g/mol. The van der Waals surface area contributed by atoms with Gasteiger partial charge in [-0.25, -0.2) is 0 Å². The standard InChI is InChI=1S/C12H16BrCl/c1-2-10-6-11(4-3-5-13)8-12(7-10)9-14/h6-8H,2-5,9H2,1H3. The van der Waals surface area contributed by atoms with Crippen LogP contribution in [0.5, 0.6) is 0 Å². The number of halogens is 2. The van der Waals surface area contributed by atoms with E-state index in [0.717, 1.165) is 18.2 Å². The van der Waals surface area contributed by atoms with Crippen molar-refractivity contribution in [2.75, 3.05) is 5.33 Å². The first-order valence-corrected chi connectivity index (χ1v) is 6.69. The molecule has 0 N–H and O–H groups in total. The van der Waals surface area contributed by atoms with Crippen LogP contribution in [0.15, 0.2) is 18.2 Å². The van der Waals surface area contributed by atoms with Crippen LogP contribution >= 0.6 is 27.5 Å². The fourth-order valence-corrected chi connectivity index (χ4v) is 1.97. The summed E-state index contributed by atoms with van der Waals surface area (Å²) in [6, 6.07) is 6.71. The van der Waals surface area contributed by atoms with Crippen LogP contribution in [0.1, 0.15) is 30.0 Å². The Bertz CT molecular complexity index is 261. The summed E-state index contributed by atoms with van der Waals surface area (Å²) in [5.41, 5.74) is 4.06. The van der Waals surface area contributed by atoms with Gasteiger partial charge in [-0.2, -0.15) is 0 Å². The molecule has 1 aromatic carbocycles. The van der Waals surface area contributed by atoms with Crippen LogP contribution < -0.4 is 0 Å². The molecule has 2 heteroatoms. The molecule has 0 aromatic heterocycles. The van der Waals surface area contributed by atoms with E-state index in [-0.39, 0.29) is 0 Å². The highest BCUT2D eigenvalue weighted by molar-refractivity contribution is 9.09. The van der Waals surface area contributed by atoms with E-state index in [0.29, 0.717) is 5.88 Å². The minimum atomic E-state index is 0.620. The highest BCUT2D eigenvalue weighted by Gasteiger charge is 1.99. The van der Waals surface area contributed by atoms with Crippen molar-refractivity contribution in [3.05, 3.63) is 34.9 Å². The van der Waals surface area contributed by atoms with E-state index in [1.807, 2.05) is 0 Å². The second kappa shape index (κ2) is 6.47. The smallest absolute Gasteiger partial charge is 0.0474 e. The number of hydrogen-bond acceptors (Lipinski definition) is 0. The molecule has 0 bridgehead atoms. The first-order valence-electron chi connectivity index (χ1n) is 5.03. The van der Waals surface area contributed by atoms with Crippen molar-refractivity contribution in [1.29, 1.82) is 0 Å². The SMILES string of the molecule is CCc1cc(CCl)cc(CCCBr)c1. The molecule has 0 atom stereocenters. The van der Waals surface area contributed by atoms with E-state index in [4.69, 9.17) is 11.6 Å². The predicted octanol–water partition coefficient (Wildman–Crippen LogP) is 4.32. The molecular weight excluding hydrogens is 259 g/mol. The lowest BCUT2D eigenvalue weighted by molar-refractivity contribution is 0.931. The van der Waals surface area contributed by atoms with Gasteiger partial charge in [0.25, 0.3) is 0 Å². The van der Waals surface area contributed by atoms with Crippen LogP contribution in [0.3, 0.4) is 0 Å². The van der Waals surface area contributed by atoms with Crippen LogP contribution in [0.25, 0.3) is 0 Å². The summed E-state index contributed by atoms with van der Waals surface area (Å²) in [5.74, 6) is 0.620. The van der Waals surface area contributed by atoms with Crippen molar-refractivity contribution < 1.29 is 0 Å². The van der Waals surface area contributed by atoms with E-state index in [2.05, 4.69) is 41.1 Å². The van der Waals surface area contributed by atoms with E-state index >= 15 is 0 Å². The van der Waals surface area contributed by atoms with Crippen LogP contribution in [0, 0.1) is 0 Å². The summed E-state index contributed by atoms with van der Waals surface area (Å²) >= 11 is 9.30. The van der Waals surface area contributed by atoms with Gasteiger partial charge < -0.3 is 0 Å². The maximum atomic E-state index is 5.85. The summed E-state index contributed by atoms with van der Waals surface area (Å²) in [6.45, 7) is 2.18. The van der Waals surface area contributed by atoms with Crippen molar-refractivity contribution in [3.63, 3.8) is 0 Å². The highest BCUT2D eigenvalue weighted by Crippen LogP contribution is 2.15. The zero-order chi connectivity index (χ0) is 10.4. The van der Waals surface area contributed by atoms with Crippen molar-refractivity contribution in [2.45, 2.75) is 32.1 Å². The second-order valence-electron chi connectivity index (χ2n) is 3.44. The second-order valence-corrected chi connectivity index (χ2v) is 4.50. The van der Waals surface area contributed by atoms with Crippen LogP contribution in [0.4, 0.5) is 0 Å². The maximum Gasteiger partial charge on any atom is 0.0474 e. The normalized spacial score (nSPS) is 10.5. The van der Waals surface area contributed by atoms with Gasteiger partial charge in [0.2, 0.25) is 0 Å². The molecule has 0 spiro atoms. The molecule has 0 aliphatic heterocycles. The average Bonchev–Trinajstić information content (AvgIpc) is 2.25. The molecule has 0 saturated carbocycles. The molecule has 0 nitrogen and oxygen atoms in total. The third kappa shape index (κ3) is 3.62. The lowest BCUT2D eigenvalue weighted by Crippen LogP contribution is -1.92. The number of rotatable bonds is 5. The molecule has 0 aliphatic carbocycles. The van der Waals surface area contributed by atoms with Crippen LogP contribution in [0.2, 0.25) is 0 Å². The minimum absolute atomic E-state index is 0.620. The summed E-state index contributed by atoms with van der Waals surface area (Å²) in [6.07, 6.45) is 3.42. The third-order valence-corrected chi connectivity index (χ3v) is 3.14. The Morgan fingerprint density at radius 2 is 1.79 bits per heavy atom. The van der Waals surface area contributed by atoms with Gasteiger partial charge in [0.05, 0.1) is 0 Å². The Morgan fingerprint density at radius 1 is 1.14 bits per heavy atom. The van der Waals surface area contributed by atoms with Gasteiger partial charge in [-0.3, -0.25) is 0 Å². The summed E-state index contributed by atoms with van der Waals surface area (Å²) in [7, 11) is 0. The highest BCUT2D eigenvalue weighted by atomic mass is 79.9. The average molecular weight is 276 g/mol. The third-order valence-electron chi connectivity index (χ3n) is 2.27. The van der Waals surface area contributed by atoms with Gasteiger partial charge in [-0.05, 0) is 36.0 Å². The molecule has 78 valence electrons. The quantitative estimate of drug-likeness (QED) is 0.702. The largest absolute Gasteiger partial charge is 0.122 e. The van der Waals surface area contributed by atoms with E-state index in [1.54, 1.807) is 0 Å². The fraction of sp³-hybridized carbons (Fsp3) is 0.500. The van der Waals surface area contributed by atoms with Gasteiger partial charge in [0.15, 0.2) is 0 Å². The van der Waals surface area contributed by atoms with Gasteiger partial charge in [0.1, 0.15) is 0 Å². The molecule has 0 radical (unpaired) electrons. The molecule has 14 heavy (non-hydrogen) atoms. The Morgan fingerprint density at radius 3 is 2.36 bits per heavy atom. The fourth-order valence-electron chi connectivity index (χ4n) is 1.54. The lowest BCUT2D eigenvalue weighted by Gasteiger charge is -2.06. The molecule has 0 heterocycles. The van der Waals surface area contributed by atoms with Gasteiger partial charge >= 0.3 is 0 Å². The first kappa shape index (κ1) is 12.1. The maximum absolute atomic E-state index is 5.85. The molecule has 0 saturated heterocycles. The molecule has 0 aliphatic rings. The first-order chi connectivity index (χ1) is 6.80. The van der Waals surface area contributed by atoms with Crippen LogP contribution in [-0.2, 0) is 18.7 Å². The molecule has 1 aromatic rings. The van der Waals surface area contributed by atoms with Gasteiger partial charge in [0, 0.05) is 11.2 Å². The number of aryl methyl sites for hydroxylation is 2. The zero-order valence-corrected chi connectivity index (χ0v) is 10.9. The van der Waals surface area contributed by atoms with Gasteiger partial charge in [-0.1, -0.05) is 41.1 Å². The molecule has 0 unspecified atom stereocenters. The van der Waals surface area contributed by atoms with Crippen LogP contribution in [-0.4, -0.2) is 5.33 Å². The lowest BCUT2D eigenvalue weighted by atomic mass is 10.0. The molecule has 1 rings (SSSR count). The predicted molar refractivity (Wildman–Crippen MR) is 67.5 cm³/mol. The molecular formula is C12H16BrCl. The Kier molecular flexibility index (Phi) is 5.57. The summed E-state index contributed by atoms with van der Waals surface area (Å²) in [4.78, 5) is 0. The summed E-state index contributed by atoms with van der Waals surface area (Å²) in [5, 5.41) is 1.07. The van der Waals surface area contributed by atoms with Crippen molar-refractivity contribution in [2.24, 2.45) is 0 Å². The minimum Gasteiger partial charge on any atom is -0.122 e. The van der Waals surface area contributed by atoms with Crippen molar-refractivity contribution >= 4 is 27.5 Å². The van der Waals surface area contributed by atoms with Gasteiger partial charge in [-0.15, -0.1) is 11.6 Å². The Balaban J connectivity index is 2.81. The molecule has 0 amide bonds. The zero-order valence-electron chi connectivity index (χ0n) is 8.52. The van der Waals surface area contributed by atoms with E-state index < -0.39 is 0 Å². The van der Waals surface area contributed by atoms with Crippen molar-refractivity contribution in [1.82, 2.24) is 0 Å². The topological polar surface area (TPSA) is 0 Å². The number of hydrogen-bond donors (Lipinski definition) is 0. The van der Waals surface area contributed by atoms with E-state index in [9.17, 15) is 0 Å². The van der Waals surface area contributed by atoms with E-state index in [1.165, 1.54) is 23.1 Å². The summed E-state index contributed by atoms with van der Waals surface area (Å²) < 4.78 is 0. The Hall–Kier alpha value is -0.0100. The van der Waals surface area contributed by atoms with Crippen molar-refractivity contribution in [3.8, 4) is 0 Å². The number of benzene rings is 1. The molecule has 0 fully saturated rings. The Labute approximate surface area is 99.8 Å². The number of alkyl halides is 2.